The van der Waals surface area contributed by atoms with Crippen molar-refractivity contribution in [3.8, 4) is 124 Å². The maximum Gasteiger partial charge on any atom is 0.160 e. The summed E-state index contributed by atoms with van der Waals surface area (Å²) < 4.78 is 9.92. The molecule has 0 aliphatic carbocycles. The normalized spacial score (nSPS) is 11.6. The fourth-order valence-corrected chi connectivity index (χ4v) is 18.6. The number of rotatable bonds is 12. The Morgan fingerprint density at radius 2 is 0.500 bits per heavy atom. The minimum atomic E-state index is 0.693. The van der Waals surface area contributed by atoms with E-state index in [-0.39, 0.29) is 0 Å². The van der Waals surface area contributed by atoms with E-state index in [1.54, 1.807) is 0 Å². The van der Waals surface area contributed by atoms with Gasteiger partial charge in [-0.05, 0) is 82.9 Å². The molecule has 0 saturated carbocycles. The Hall–Kier alpha value is -14.4. The van der Waals surface area contributed by atoms with Crippen molar-refractivity contribution in [2.24, 2.45) is 0 Å². The largest absolute Gasteiger partial charge is 0.308 e. The molecule has 8 heterocycles. The molecule has 14 aromatic carbocycles. The zero-order chi connectivity index (χ0) is 74.0. The molecule has 0 N–H and O–H groups in total. The molecule has 524 valence electrons. The zero-order valence-corrected chi connectivity index (χ0v) is 62.0. The van der Waals surface area contributed by atoms with Crippen LogP contribution in [0.4, 0.5) is 0 Å². The van der Waals surface area contributed by atoms with E-state index in [9.17, 15) is 0 Å². The van der Waals surface area contributed by atoms with Gasteiger partial charge in [0, 0.05) is 97.6 Å². The molecule has 0 aliphatic rings. The van der Waals surface area contributed by atoms with Crippen LogP contribution < -0.4 is 0 Å². The number of para-hydroxylation sites is 4. The van der Waals surface area contributed by atoms with Gasteiger partial charge in [0.15, 0.2) is 11.6 Å². The van der Waals surface area contributed by atoms with Crippen LogP contribution in [0.1, 0.15) is 0 Å². The van der Waals surface area contributed by atoms with E-state index in [1.165, 1.54) is 78.8 Å². The molecule has 0 saturated heterocycles. The van der Waals surface area contributed by atoms with E-state index in [4.69, 9.17) is 29.9 Å². The van der Waals surface area contributed by atoms with Crippen LogP contribution >= 0.6 is 22.7 Å². The lowest BCUT2D eigenvalue weighted by molar-refractivity contribution is 1.17. The minimum absolute atomic E-state index is 0.693. The molecule has 22 rings (SSSR count). The van der Waals surface area contributed by atoms with Crippen molar-refractivity contribution in [3.05, 3.63) is 388 Å². The van der Waals surface area contributed by atoms with E-state index in [1.807, 2.05) is 83.3 Å². The summed E-state index contributed by atoms with van der Waals surface area (Å²) in [6.45, 7) is 0. The van der Waals surface area contributed by atoms with Gasteiger partial charge < -0.3 is 9.13 Å². The number of thiophene rings is 2. The number of pyridine rings is 2. The Balaban J connectivity index is 0.000000141. The summed E-state index contributed by atoms with van der Waals surface area (Å²) in [5, 5.41) is 7.21. The molecule has 0 radical (unpaired) electrons. The first-order chi connectivity index (χ1) is 55.5. The second-order valence-corrected chi connectivity index (χ2v) is 30.0. The average molecular weight is 1470 g/mol. The smallest absolute Gasteiger partial charge is 0.160 e. The number of fused-ring (bicyclic) bond motifs is 14. The first kappa shape index (κ1) is 65.8. The molecule has 22 aromatic rings. The van der Waals surface area contributed by atoms with Gasteiger partial charge in [0.2, 0.25) is 0 Å². The third kappa shape index (κ3) is 11.8. The van der Waals surface area contributed by atoms with Crippen molar-refractivity contribution >= 4 is 107 Å². The lowest BCUT2D eigenvalue weighted by atomic mass is 10.0. The fourth-order valence-electron chi connectivity index (χ4n) is 15.9. The van der Waals surface area contributed by atoms with E-state index in [0.29, 0.717) is 11.6 Å². The van der Waals surface area contributed by atoms with Crippen LogP contribution in [0.15, 0.2) is 388 Å². The lowest BCUT2D eigenvalue weighted by Gasteiger charge is -2.13. The number of hydrogen-bond acceptors (Lipinski definition) is 8. The minimum Gasteiger partial charge on any atom is -0.308 e. The van der Waals surface area contributed by atoms with Crippen LogP contribution in [-0.4, -0.2) is 39.0 Å². The Kier molecular flexibility index (Phi) is 16.4. The average Bonchev–Trinajstić information content (AvgIpc) is 1.55. The highest BCUT2D eigenvalue weighted by Crippen LogP contribution is 2.50. The molecule has 8 nitrogen and oxygen atoms in total. The van der Waals surface area contributed by atoms with E-state index < -0.39 is 0 Å². The Morgan fingerprint density at radius 1 is 0.196 bits per heavy atom. The fraction of sp³-hybridized carbons (Fsp3) is 0. The third-order valence-electron chi connectivity index (χ3n) is 21.2. The van der Waals surface area contributed by atoms with Gasteiger partial charge in [0.05, 0.1) is 76.7 Å². The standard InChI is InChI=1S/2C51H32N4S/c1-4-15-33(16-5-1)34-27-29-35(30-28-34)43-32-44(54-51(53-43)37-19-8-3-9-20-37)38-21-14-22-39(31-38)55-45-26-13-11-24-41(45)50-48(55)46-47(36-17-6-2-7-18-36)52-42-25-12-10-23-40(42)49(46)56-50;1-4-14-35(15-5-1)43-32-44(54-51(53-43)38-18-8-3-9-19-38)36-26-24-33(25-27-36)34-28-30-39(31-29-34)55-45-23-13-11-21-41(45)50-48(55)46-47(37-16-6-2-7-17-37)52-42-22-12-10-20-40(42)49(46)56-50/h2*1-32H. The SMILES string of the molecule is c1ccc(-c2cc(-c3ccc(-c4ccc(-n5c6ccccc6c6sc7c8ccccc8nc(-c8ccccc8)c7c65)cc4)cc3)nc(-c3ccccc3)n2)cc1.c1ccc(-c2ccc(-c3cc(-c4cccc(-n5c6ccccc6c6sc7c8ccccc8nc(-c8ccccc8)c7c65)c4)nc(-c4ccccc4)n3)cc2)cc1. The van der Waals surface area contributed by atoms with Crippen molar-refractivity contribution in [1.29, 1.82) is 0 Å². The van der Waals surface area contributed by atoms with E-state index >= 15 is 0 Å². The van der Waals surface area contributed by atoms with Gasteiger partial charge >= 0.3 is 0 Å². The van der Waals surface area contributed by atoms with Crippen LogP contribution in [0.5, 0.6) is 0 Å². The lowest BCUT2D eigenvalue weighted by Crippen LogP contribution is -1.98. The molecular formula is C102H64N8S2. The van der Waals surface area contributed by atoms with Crippen molar-refractivity contribution < 1.29 is 0 Å². The molecule has 0 aliphatic heterocycles. The maximum atomic E-state index is 5.34. The summed E-state index contributed by atoms with van der Waals surface area (Å²) in [6.07, 6.45) is 0. The molecule has 0 amide bonds. The third-order valence-corrected chi connectivity index (χ3v) is 23.7. The predicted molar refractivity (Wildman–Crippen MR) is 468 cm³/mol. The monoisotopic (exact) mass is 1460 g/mol. The van der Waals surface area contributed by atoms with Crippen LogP contribution in [0.3, 0.4) is 0 Å². The highest BCUT2D eigenvalue weighted by Gasteiger charge is 2.26. The maximum absolute atomic E-state index is 5.34. The summed E-state index contributed by atoms with van der Waals surface area (Å²) in [5.41, 5.74) is 27.5. The zero-order valence-electron chi connectivity index (χ0n) is 60.3. The van der Waals surface area contributed by atoms with Crippen molar-refractivity contribution in [1.82, 2.24) is 39.0 Å². The highest BCUT2D eigenvalue weighted by atomic mass is 32.1. The van der Waals surface area contributed by atoms with Gasteiger partial charge in [-0.15, -0.1) is 22.7 Å². The van der Waals surface area contributed by atoms with Gasteiger partial charge in [0.1, 0.15) is 0 Å². The van der Waals surface area contributed by atoms with Crippen molar-refractivity contribution in [2.45, 2.75) is 0 Å². The Bertz CT molecular complexity index is 7250. The van der Waals surface area contributed by atoms with Crippen LogP contribution in [-0.2, 0) is 0 Å². The van der Waals surface area contributed by atoms with Gasteiger partial charge in [-0.25, -0.2) is 29.9 Å². The van der Waals surface area contributed by atoms with Crippen LogP contribution in [0.25, 0.3) is 208 Å². The highest BCUT2D eigenvalue weighted by molar-refractivity contribution is 7.28. The molecule has 10 heteroatoms. The first-order valence-corrected chi connectivity index (χ1v) is 39.2. The Morgan fingerprint density at radius 3 is 0.929 bits per heavy atom. The molecular weight excluding hydrogens is 1400 g/mol. The number of hydrogen-bond donors (Lipinski definition) is 0. The molecule has 0 bridgehead atoms. The Labute approximate surface area is 653 Å². The second-order valence-electron chi connectivity index (χ2n) is 28.0. The molecule has 0 spiro atoms. The topological polar surface area (TPSA) is 87.2 Å². The number of aromatic nitrogens is 8. The molecule has 112 heavy (non-hydrogen) atoms. The summed E-state index contributed by atoms with van der Waals surface area (Å²) in [7, 11) is 0. The predicted octanol–water partition coefficient (Wildman–Crippen LogP) is 27.3. The summed E-state index contributed by atoms with van der Waals surface area (Å²) >= 11 is 3.74. The van der Waals surface area contributed by atoms with Crippen molar-refractivity contribution in [2.75, 3.05) is 0 Å². The number of nitrogens with zero attached hydrogens (tertiary/aromatic N) is 8. The van der Waals surface area contributed by atoms with Gasteiger partial charge in [-0.3, -0.25) is 0 Å². The van der Waals surface area contributed by atoms with Crippen LogP contribution in [0, 0.1) is 0 Å². The molecule has 0 fully saturated rings. The first-order valence-electron chi connectivity index (χ1n) is 37.6. The quantitative estimate of drug-likeness (QED) is 0.121. The molecule has 8 aromatic heterocycles. The van der Waals surface area contributed by atoms with Gasteiger partial charge in [0.25, 0.3) is 0 Å². The summed E-state index contributed by atoms with van der Waals surface area (Å²) in [6, 6.07) is 136. The van der Waals surface area contributed by atoms with E-state index in [0.717, 1.165) is 118 Å². The summed E-state index contributed by atoms with van der Waals surface area (Å²) in [4.78, 5) is 31.0. The van der Waals surface area contributed by atoms with Crippen molar-refractivity contribution in [3.63, 3.8) is 0 Å². The van der Waals surface area contributed by atoms with Crippen LogP contribution in [0.2, 0.25) is 0 Å². The second kappa shape index (κ2) is 28.0. The van der Waals surface area contributed by atoms with E-state index in [2.05, 4.69) is 337 Å². The van der Waals surface area contributed by atoms with Gasteiger partial charge in [-0.2, -0.15) is 0 Å². The number of benzene rings is 14. The van der Waals surface area contributed by atoms with Gasteiger partial charge in [-0.1, -0.05) is 328 Å². The molecule has 0 atom stereocenters. The summed E-state index contributed by atoms with van der Waals surface area (Å²) in [5.74, 6) is 1.41. The molecule has 0 unspecified atom stereocenters.